The van der Waals surface area contributed by atoms with Gasteiger partial charge in [0.15, 0.2) is 0 Å². The van der Waals surface area contributed by atoms with Crippen molar-refractivity contribution < 1.29 is 18.9 Å². The standard InChI is InChI=1S/C22H18FN3O4/c1-13-3-7-15(8-4-13)21(27)24-18-11-17(23)20(26(29)30)12-19(18)25-22(28)16-9-5-14(2)6-10-16/h3-12H,1-2H3,(H,24,27)(H,25,28). The second kappa shape index (κ2) is 8.52. The van der Waals surface area contributed by atoms with Gasteiger partial charge in [0, 0.05) is 23.3 Å². The maximum Gasteiger partial charge on any atom is 0.307 e. The average Bonchev–Trinajstić information content (AvgIpc) is 2.70. The number of hydrogen-bond donors (Lipinski definition) is 2. The van der Waals surface area contributed by atoms with E-state index in [0.717, 1.165) is 23.3 Å². The molecule has 152 valence electrons. The predicted octanol–water partition coefficient (Wildman–Crippen LogP) is 4.86. The molecule has 0 heterocycles. The minimum atomic E-state index is -1.13. The smallest absolute Gasteiger partial charge is 0.307 e. The van der Waals surface area contributed by atoms with Gasteiger partial charge in [0.05, 0.1) is 16.3 Å². The van der Waals surface area contributed by atoms with Crippen molar-refractivity contribution in [3.8, 4) is 0 Å². The second-order valence-corrected chi connectivity index (χ2v) is 6.75. The fourth-order valence-electron chi connectivity index (χ4n) is 2.71. The molecule has 3 aromatic carbocycles. The number of halogens is 1. The van der Waals surface area contributed by atoms with Crippen LogP contribution in [0.5, 0.6) is 0 Å². The van der Waals surface area contributed by atoms with E-state index in [9.17, 15) is 24.1 Å². The minimum absolute atomic E-state index is 0.0888. The molecule has 2 N–H and O–H groups in total. The molecule has 0 radical (unpaired) electrons. The van der Waals surface area contributed by atoms with Gasteiger partial charge in [-0.15, -0.1) is 0 Å². The van der Waals surface area contributed by atoms with Crippen LogP contribution in [-0.2, 0) is 0 Å². The largest absolute Gasteiger partial charge is 0.320 e. The van der Waals surface area contributed by atoms with Crippen LogP contribution in [0.25, 0.3) is 0 Å². The number of carbonyl (C=O) groups excluding carboxylic acids is 2. The molecular formula is C22H18FN3O4. The molecule has 2 amide bonds. The fraction of sp³-hybridized carbons (Fsp3) is 0.0909. The Balaban J connectivity index is 1.95. The van der Waals surface area contributed by atoms with Crippen molar-refractivity contribution in [3.05, 3.63) is 98.8 Å². The number of nitro benzene ring substituents is 1. The van der Waals surface area contributed by atoms with Gasteiger partial charge in [0.25, 0.3) is 11.8 Å². The van der Waals surface area contributed by atoms with Crippen molar-refractivity contribution in [1.82, 2.24) is 0 Å². The first kappa shape index (κ1) is 20.7. The van der Waals surface area contributed by atoms with Gasteiger partial charge in [-0.1, -0.05) is 35.4 Å². The van der Waals surface area contributed by atoms with Gasteiger partial charge >= 0.3 is 5.69 Å². The van der Waals surface area contributed by atoms with E-state index in [1.165, 1.54) is 0 Å². The Bertz CT molecular complexity index is 1130. The van der Waals surface area contributed by atoms with E-state index in [4.69, 9.17) is 0 Å². The van der Waals surface area contributed by atoms with E-state index >= 15 is 0 Å². The van der Waals surface area contributed by atoms with Crippen molar-refractivity contribution in [2.24, 2.45) is 0 Å². The zero-order valence-corrected chi connectivity index (χ0v) is 16.2. The minimum Gasteiger partial charge on any atom is -0.320 e. The Kier molecular flexibility index (Phi) is 5.87. The lowest BCUT2D eigenvalue weighted by Gasteiger charge is -2.13. The first-order valence-electron chi connectivity index (χ1n) is 8.98. The number of nitrogens with zero attached hydrogens (tertiary/aromatic N) is 1. The highest BCUT2D eigenvalue weighted by Crippen LogP contribution is 2.31. The third-order valence-electron chi connectivity index (χ3n) is 4.41. The van der Waals surface area contributed by atoms with E-state index in [0.29, 0.717) is 11.1 Å². The van der Waals surface area contributed by atoms with Gasteiger partial charge in [-0.25, -0.2) is 0 Å². The molecule has 0 aromatic heterocycles. The van der Waals surface area contributed by atoms with Crippen molar-refractivity contribution in [3.63, 3.8) is 0 Å². The summed E-state index contributed by atoms with van der Waals surface area (Å²) in [4.78, 5) is 35.3. The zero-order valence-electron chi connectivity index (χ0n) is 16.2. The third kappa shape index (κ3) is 4.67. The van der Waals surface area contributed by atoms with E-state index in [1.54, 1.807) is 48.5 Å². The highest BCUT2D eigenvalue weighted by Gasteiger charge is 2.21. The molecule has 7 nitrogen and oxygen atoms in total. The summed E-state index contributed by atoms with van der Waals surface area (Å²) in [6, 6.07) is 15.0. The molecule has 0 unspecified atom stereocenters. The number of hydrogen-bond acceptors (Lipinski definition) is 4. The fourth-order valence-corrected chi connectivity index (χ4v) is 2.71. The topological polar surface area (TPSA) is 101 Å². The molecule has 0 aliphatic heterocycles. The Labute approximate surface area is 171 Å². The molecule has 0 saturated carbocycles. The lowest BCUT2D eigenvalue weighted by Crippen LogP contribution is -2.17. The molecule has 0 bridgehead atoms. The van der Waals surface area contributed by atoms with Crippen molar-refractivity contribution in [2.45, 2.75) is 13.8 Å². The highest BCUT2D eigenvalue weighted by atomic mass is 19.1. The summed E-state index contributed by atoms with van der Waals surface area (Å²) in [6.07, 6.45) is 0. The van der Waals surface area contributed by atoms with E-state index in [-0.39, 0.29) is 11.4 Å². The van der Waals surface area contributed by atoms with Gasteiger partial charge < -0.3 is 10.6 Å². The van der Waals surface area contributed by atoms with Gasteiger partial charge in [-0.05, 0) is 38.1 Å². The number of amides is 2. The summed E-state index contributed by atoms with van der Waals surface area (Å²) in [5, 5.41) is 16.1. The molecular weight excluding hydrogens is 389 g/mol. The summed E-state index contributed by atoms with van der Waals surface area (Å²) in [7, 11) is 0. The number of nitrogens with one attached hydrogen (secondary N) is 2. The van der Waals surface area contributed by atoms with Crippen LogP contribution in [0.4, 0.5) is 21.5 Å². The van der Waals surface area contributed by atoms with Gasteiger partial charge in [-0.2, -0.15) is 4.39 Å². The number of carbonyl (C=O) groups is 2. The first-order valence-corrected chi connectivity index (χ1v) is 8.98. The summed E-state index contributed by atoms with van der Waals surface area (Å²) in [6.45, 7) is 3.73. The molecule has 0 fully saturated rings. The van der Waals surface area contributed by atoms with Crippen LogP contribution >= 0.6 is 0 Å². The Morgan fingerprint density at radius 1 is 0.800 bits per heavy atom. The lowest BCUT2D eigenvalue weighted by atomic mass is 10.1. The van der Waals surface area contributed by atoms with E-state index in [1.807, 2.05) is 13.8 Å². The monoisotopic (exact) mass is 407 g/mol. The predicted molar refractivity (Wildman–Crippen MR) is 111 cm³/mol. The normalized spacial score (nSPS) is 10.4. The molecule has 0 aliphatic carbocycles. The first-order chi connectivity index (χ1) is 14.2. The summed E-state index contributed by atoms with van der Waals surface area (Å²) in [5.74, 6) is -2.23. The van der Waals surface area contributed by atoms with Crippen LogP contribution in [0, 0.1) is 29.8 Å². The van der Waals surface area contributed by atoms with Crippen LogP contribution in [0.15, 0.2) is 60.7 Å². The molecule has 3 aromatic rings. The number of rotatable bonds is 5. The maximum absolute atomic E-state index is 14.2. The molecule has 30 heavy (non-hydrogen) atoms. The summed E-state index contributed by atoms with van der Waals surface area (Å²) < 4.78 is 14.2. The van der Waals surface area contributed by atoms with Crippen LogP contribution in [-0.4, -0.2) is 16.7 Å². The molecule has 3 rings (SSSR count). The Morgan fingerprint density at radius 2 is 1.20 bits per heavy atom. The average molecular weight is 407 g/mol. The number of anilines is 2. The Morgan fingerprint density at radius 3 is 1.60 bits per heavy atom. The van der Waals surface area contributed by atoms with Crippen molar-refractivity contribution in [2.75, 3.05) is 10.6 Å². The van der Waals surface area contributed by atoms with Gasteiger partial charge in [0.1, 0.15) is 0 Å². The van der Waals surface area contributed by atoms with Gasteiger partial charge in [0.2, 0.25) is 5.82 Å². The van der Waals surface area contributed by atoms with E-state index in [2.05, 4.69) is 10.6 Å². The molecule has 8 heteroatoms. The molecule has 0 saturated heterocycles. The Hall–Kier alpha value is -4.07. The molecule has 0 aliphatic rings. The zero-order chi connectivity index (χ0) is 21.8. The lowest BCUT2D eigenvalue weighted by molar-refractivity contribution is -0.387. The second-order valence-electron chi connectivity index (χ2n) is 6.75. The van der Waals surface area contributed by atoms with Crippen LogP contribution in [0.1, 0.15) is 31.8 Å². The van der Waals surface area contributed by atoms with Crippen molar-refractivity contribution in [1.29, 1.82) is 0 Å². The summed E-state index contributed by atoms with van der Waals surface area (Å²) >= 11 is 0. The van der Waals surface area contributed by atoms with Crippen LogP contribution in [0.3, 0.4) is 0 Å². The van der Waals surface area contributed by atoms with Crippen molar-refractivity contribution >= 4 is 28.9 Å². The number of benzene rings is 3. The molecule has 0 atom stereocenters. The maximum atomic E-state index is 14.2. The number of nitro groups is 1. The molecule has 0 spiro atoms. The van der Waals surface area contributed by atoms with E-state index < -0.39 is 28.2 Å². The quantitative estimate of drug-likeness (QED) is 0.466. The summed E-state index contributed by atoms with van der Waals surface area (Å²) in [5.41, 5.74) is 1.54. The highest BCUT2D eigenvalue weighted by molar-refractivity contribution is 6.10. The third-order valence-corrected chi connectivity index (χ3v) is 4.41. The van der Waals surface area contributed by atoms with Crippen LogP contribution in [0.2, 0.25) is 0 Å². The van der Waals surface area contributed by atoms with Crippen LogP contribution < -0.4 is 10.6 Å². The number of aryl methyl sites for hydroxylation is 2. The van der Waals surface area contributed by atoms with Gasteiger partial charge in [-0.3, -0.25) is 19.7 Å². The SMILES string of the molecule is Cc1ccc(C(=O)Nc2cc(F)c([N+](=O)[O-])cc2NC(=O)c2ccc(C)cc2)cc1.